The van der Waals surface area contributed by atoms with Crippen LogP contribution in [0.4, 0.5) is 5.69 Å². The number of oxime groups is 1. The van der Waals surface area contributed by atoms with E-state index in [2.05, 4.69) is 42.3 Å². The molecule has 0 aliphatic heterocycles. The molecule has 1 aromatic carbocycles. The Bertz CT molecular complexity index is 463. The maximum absolute atomic E-state index is 11.8. The lowest BCUT2D eigenvalue weighted by Crippen LogP contribution is -2.32. The highest BCUT2D eigenvalue weighted by atomic mass is 79.9. The molecule has 0 spiro atoms. The molecule has 0 aliphatic carbocycles. The molecule has 0 saturated carbocycles. The standard InChI is InChI=1S/C10H11Br2N3O2/c1-5(9(13)15-17)10(16)14-8-4-6(11)2-3-7(8)12/h2-5,17H,1H3,(H2,13,15)(H,14,16). The van der Waals surface area contributed by atoms with Crippen molar-refractivity contribution in [1.82, 2.24) is 0 Å². The monoisotopic (exact) mass is 363 g/mol. The number of carbonyl (C=O) groups excluding carboxylic acids is 1. The number of hydrogen-bond donors (Lipinski definition) is 3. The first-order valence-corrected chi connectivity index (χ1v) is 6.27. The molecule has 0 saturated heterocycles. The summed E-state index contributed by atoms with van der Waals surface area (Å²) in [6, 6.07) is 5.39. The maximum Gasteiger partial charge on any atom is 0.234 e. The number of rotatable bonds is 3. The second kappa shape index (κ2) is 6.02. The highest BCUT2D eigenvalue weighted by Crippen LogP contribution is 2.26. The molecule has 1 atom stereocenters. The van der Waals surface area contributed by atoms with E-state index < -0.39 is 5.92 Å². The van der Waals surface area contributed by atoms with Crippen molar-refractivity contribution >= 4 is 49.3 Å². The molecule has 5 nitrogen and oxygen atoms in total. The smallest absolute Gasteiger partial charge is 0.234 e. The summed E-state index contributed by atoms with van der Waals surface area (Å²) >= 11 is 6.62. The fraction of sp³-hybridized carbons (Fsp3) is 0.200. The van der Waals surface area contributed by atoms with Crippen LogP contribution in [-0.4, -0.2) is 17.0 Å². The summed E-state index contributed by atoms with van der Waals surface area (Å²) in [7, 11) is 0. The van der Waals surface area contributed by atoms with Crippen molar-refractivity contribution in [3.05, 3.63) is 27.1 Å². The van der Waals surface area contributed by atoms with Gasteiger partial charge in [-0.05, 0) is 41.1 Å². The van der Waals surface area contributed by atoms with Crippen molar-refractivity contribution in [2.24, 2.45) is 16.8 Å². The van der Waals surface area contributed by atoms with Crippen LogP contribution in [0.3, 0.4) is 0 Å². The molecule has 1 unspecified atom stereocenters. The van der Waals surface area contributed by atoms with Crippen LogP contribution in [0.1, 0.15) is 6.92 Å². The molecule has 0 aliphatic rings. The van der Waals surface area contributed by atoms with Gasteiger partial charge >= 0.3 is 0 Å². The van der Waals surface area contributed by atoms with Gasteiger partial charge in [0.1, 0.15) is 0 Å². The number of carbonyl (C=O) groups is 1. The molecular weight excluding hydrogens is 354 g/mol. The quantitative estimate of drug-likeness (QED) is 0.333. The van der Waals surface area contributed by atoms with Crippen LogP contribution in [0.2, 0.25) is 0 Å². The van der Waals surface area contributed by atoms with Crippen LogP contribution in [0, 0.1) is 5.92 Å². The minimum atomic E-state index is -0.703. The predicted octanol–water partition coefficient (Wildman–Crippen LogP) is 2.53. The first-order valence-electron chi connectivity index (χ1n) is 4.69. The van der Waals surface area contributed by atoms with Crippen molar-refractivity contribution in [1.29, 1.82) is 0 Å². The molecular formula is C10H11Br2N3O2. The van der Waals surface area contributed by atoms with Crippen molar-refractivity contribution < 1.29 is 10.0 Å². The number of nitrogens with two attached hydrogens (primary N) is 1. The minimum Gasteiger partial charge on any atom is -0.409 e. The van der Waals surface area contributed by atoms with Gasteiger partial charge in [-0.25, -0.2) is 0 Å². The first kappa shape index (κ1) is 14.0. The van der Waals surface area contributed by atoms with Crippen LogP contribution < -0.4 is 11.1 Å². The summed E-state index contributed by atoms with van der Waals surface area (Å²) in [6.07, 6.45) is 0. The van der Waals surface area contributed by atoms with Crippen molar-refractivity contribution in [2.45, 2.75) is 6.92 Å². The Balaban J connectivity index is 2.84. The maximum atomic E-state index is 11.8. The number of amides is 1. The van der Waals surface area contributed by atoms with E-state index in [1.807, 2.05) is 6.07 Å². The zero-order chi connectivity index (χ0) is 13.0. The van der Waals surface area contributed by atoms with Gasteiger partial charge in [-0.1, -0.05) is 21.1 Å². The Hall–Kier alpha value is -1.08. The Kier molecular flexibility index (Phi) is 4.95. The highest BCUT2D eigenvalue weighted by Gasteiger charge is 2.18. The van der Waals surface area contributed by atoms with Crippen LogP contribution in [0.5, 0.6) is 0 Å². The highest BCUT2D eigenvalue weighted by molar-refractivity contribution is 9.11. The Morgan fingerprint density at radius 1 is 1.53 bits per heavy atom. The molecule has 0 heterocycles. The zero-order valence-electron chi connectivity index (χ0n) is 8.95. The normalized spacial score (nSPS) is 13.2. The number of anilines is 1. The zero-order valence-corrected chi connectivity index (χ0v) is 12.1. The van der Waals surface area contributed by atoms with E-state index in [1.54, 1.807) is 19.1 Å². The van der Waals surface area contributed by atoms with Gasteiger partial charge in [0.25, 0.3) is 0 Å². The van der Waals surface area contributed by atoms with E-state index in [-0.39, 0.29) is 11.7 Å². The average Bonchev–Trinajstić information content (AvgIpc) is 2.31. The lowest BCUT2D eigenvalue weighted by molar-refractivity contribution is -0.117. The third kappa shape index (κ3) is 3.71. The topological polar surface area (TPSA) is 87.7 Å². The van der Waals surface area contributed by atoms with Gasteiger partial charge in [-0.2, -0.15) is 0 Å². The van der Waals surface area contributed by atoms with E-state index in [9.17, 15) is 4.79 Å². The lowest BCUT2D eigenvalue weighted by atomic mass is 10.1. The van der Waals surface area contributed by atoms with E-state index in [0.29, 0.717) is 5.69 Å². The van der Waals surface area contributed by atoms with Crippen LogP contribution >= 0.6 is 31.9 Å². The van der Waals surface area contributed by atoms with Gasteiger partial charge in [0.15, 0.2) is 5.84 Å². The van der Waals surface area contributed by atoms with Gasteiger partial charge < -0.3 is 16.3 Å². The molecule has 0 radical (unpaired) electrons. The van der Waals surface area contributed by atoms with Gasteiger partial charge in [0.2, 0.25) is 5.91 Å². The van der Waals surface area contributed by atoms with E-state index >= 15 is 0 Å². The van der Waals surface area contributed by atoms with Crippen molar-refractivity contribution in [2.75, 3.05) is 5.32 Å². The summed E-state index contributed by atoms with van der Waals surface area (Å²) in [5.41, 5.74) is 5.97. The average molecular weight is 365 g/mol. The predicted molar refractivity (Wildman–Crippen MR) is 73.0 cm³/mol. The van der Waals surface area contributed by atoms with E-state index in [0.717, 1.165) is 8.95 Å². The van der Waals surface area contributed by atoms with Crippen molar-refractivity contribution in [3.8, 4) is 0 Å². The number of hydrogen-bond acceptors (Lipinski definition) is 3. The Morgan fingerprint density at radius 3 is 2.76 bits per heavy atom. The molecule has 92 valence electrons. The van der Waals surface area contributed by atoms with Crippen LogP contribution in [0.25, 0.3) is 0 Å². The summed E-state index contributed by atoms with van der Waals surface area (Å²) < 4.78 is 1.59. The van der Waals surface area contributed by atoms with E-state index in [4.69, 9.17) is 10.9 Å². The Morgan fingerprint density at radius 2 is 2.18 bits per heavy atom. The fourth-order valence-corrected chi connectivity index (χ4v) is 1.76. The molecule has 4 N–H and O–H groups in total. The fourth-order valence-electron chi connectivity index (χ4n) is 1.06. The lowest BCUT2D eigenvalue weighted by Gasteiger charge is -2.12. The molecule has 1 amide bonds. The van der Waals surface area contributed by atoms with Crippen molar-refractivity contribution in [3.63, 3.8) is 0 Å². The molecule has 0 bridgehead atoms. The molecule has 1 rings (SSSR count). The number of halogens is 2. The summed E-state index contributed by atoms with van der Waals surface area (Å²) in [4.78, 5) is 11.8. The third-order valence-corrected chi connectivity index (χ3v) is 3.32. The number of nitrogens with one attached hydrogen (secondary N) is 1. The van der Waals surface area contributed by atoms with E-state index in [1.165, 1.54) is 0 Å². The van der Waals surface area contributed by atoms with Gasteiger partial charge in [0.05, 0.1) is 11.6 Å². The molecule has 0 aromatic heterocycles. The second-order valence-corrected chi connectivity index (χ2v) is 5.13. The molecule has 7 heteroatoms. The van der Waals surface area contributed by atoms with Gasteiger partial charge in [-0.3, -0.25) is 4.79 Å². The number of benzene rings is 1. The summed E-state index contributed by atoms with van der Waals surface area (Å²) in [5, 5.41) is 14.0. The number of amidine groups is 1. The Labute approximate surface area is 115 Å². The van der Waals surface area contributed by atoms with Crippen LogP contribution in [-0.2, 0) is 4.79 Å². The number of nitrogens with zero attached hydrogens (tertiary/aromatic N) is 1. The minimum absolute atomic E-state index is 0.131. The second-order valence-electron chi connectivity index (χ2n) is 3.36. The summed E-state index contributed by atoms with van der Waals surface area (Å²) in [5.74, 6) is -1.18. The largest absolute Gasteiger partial charge is 0.409 e. The molecule has 17 heavy (non-hydrogen) atoms. The SMILES string of the molecule is CC(C(=O)Nc1cc(Br)ccc1Br)/C(N)=N/O. The van der Waals surface area contributed by atoms with Gasteiger partial charge in [-0.15, -0.1) is 0 Å². The third-order valence-electron chi connectivity index (χ3n) is 2.14. The summed E-state index contributed by atoms with van der Waals surface area (Å²) in [6.45, 7) is 1.55. The van der Waals surface area contributed by atoms with Crippen LogP contribution in [0.15, 0.2) is 32.3 Å². The molecule has 0 fully saturated rings. The van der Waals surface area contributed by atoms with Gasteiger partial charge in [0, 0.05) is 8.95 Å². The molecule has 1 aromatic rings. The first-order chi connectivity index (χ1) is 7.95.